The summed E-state index contributed by atoms with van der Waals surface area (Å²) in [5.41, 5.74) is 3.02. The Balaban J connectivity index is 1.70. The maximum Gasteiger partial charge on any atom is 0.274 e. The molecule has 0 saturated carbocycles. The smallest absolute Gasteiger partial charge is 0.274 e. The van der Waals surface area contributed by atoms with E-state index in [1.165, 1.54) is 6.92 Å². The molecule has 142 valence electrons. The lowest BCUT2D eigenvalue weighted by molar-refractivity contribution is 0.101. The molecule has 1 aromatic heterocycles. The molecule has 1 amide bonds. The van der Waals surface area contributed by atoms with Crippen molar-refractivity contribution in [2.45, 2.75) is 13.8 Å². The van der Waals surface area contributed by atoms with Crippen molar-refractivity contribution in [3.05, 3.63) is 78.1 Å². The molecule has 6 heteroatoms. The number of ketones is 1. The molecule has 6 nitrogen and oxygen atoms in total. The van der Waals surface area contributed by atoms with Crippen molar-refractivity contribution in [2.75, 3.05) is 17.2 Å². The Hall–Kier alpha value is -3.67. The molecule has 0 spiro atoms. The Morgan fingerprint density at radius 1 is 0.964 bits per heavy atom. The van der Waals surface area contributed by atoms with Gasteiger partial charge in [0.25, 0.3) is 5.91 Å². The van der Waals surface area contributed by atoms with Gasteiger partial charge < -0.3 is 15.4 Å². The number of hydrogen-bond donors (Lipinski definition) is 2. The largest absolute Gasteiger partial charge is 0.494 e. The lowest BCUT2D eigenvalue weighted by atomic mass is 10.1. The number of pyridine rings is 1. The summed E-state index contributed by atoms with van der Waals surface area (Å²) in [5, 5.41) is 6.00. The molecule has 28 heavy (non-hydrogen) atoms. The van der Waals surface area contributed by atoms with E-state index in [1.807, 2.05) is 13.0 Å². The fourth-order valence-electron chi connectivity index (χ4n) is 2.61. The Kier molecular flexibility index (Phi) is 6.01. The summed E-state index contributed by atoms with van der Waals surface area (Å²) in [6.07, 6.45) is 1.56. The second-order valence-electron chi connectivity index (χ2n) is 6.10. The van der Waals surface area contributed by atoms with Crippen LogP contribution in [0.4, 0.5) is 17.1 Å². The number of hydrogen-bond acceptors (Lipinski definition) is 5. The van der Waals surface area contributed by atoms with Crippen molar-refractivity contribution in [3.8, 4) is 5.75 Å². The highest BCUT2D eigenvalue weighted by molar-refractivity contribution is 6.03. The highest BCUT2D eigenvalue weighted by atomic mass is 16.5. The van der Waals surface area contributed by atoms with E-state index in [0.29, 0.717) is 23.5 Å². The number of benzene rings is 2. The van der Waals surface area contributed by atoms with Crippen molar-refractivity contribution in [1.29, 1.82) is 0 Å². The summed E-state index contributed by atoms with van der Waals surface area (Å²) in [5.74, 6) is 0.428. The molecule has 2 N–H and O–H groups in total. The molecule has 0 fully saturated rings. The van der Waals surface area contributed by atoms with Crippen molar-refractivity contribution < 1.29 is 14.3 Å². The van der Waals surface area contributed by atoms with E-state index < -0.39 is 0 Å². The lowest BCUT2D eigenvalue weighted by Gasteiger charge is -2.10. The minimum absolute atomic E-state index is 0.00574. The van der Waals surface area contributed by atoms with Gasteiger partial charge >= 0.3 is 0 Å². The third-order valence-corrected chi connectivity index (χ3v) is 3.97. The first-order chi connectivity index (χ1) is 13.5. The fourth-order valence-corrected chi connectivity index (χ4v) is 2.61. The summed E-state index contributed by atoms with van der Waals surface area (Å²) in [6.45, 7) is 4.03. The summed E-state index contributed by atoms with van der Waals surface area (Å²) < 4.78 is 5.39. The number of carbonyl (C=O) groups is 2. The molecule has 2 aromatic carbocycles. The van der Waals surface area contributed by atoms with E-state index in [2.05, 4.69) is 15.6 Å². The molecule has 0 atom stereocenters. The molecule has 0 aliphatic carbocycles. The van der Waals surface area contributed by atoms with E-state index in [9.17, 15) is 9.59 Å². The molecule has 1 heterocycles. The topological polar surface area (TPSA) is 80.3 Å². The molecule has 3 aromatic rings. The highest BCUT2D eigenvalue weighted by Gasteiger charge is 2.09. The molecule has 0 bridgehead atoms. The molecule has 0 unspecified atom stereocenters. The van der Waals surface area contributed by atoms with Gasteiger partial charge in [0.2, 0.25) is 0 Å². The Morgan fingerprint density at radius 3 is 2.43 bits per heavy atom. The van der Waals surface area contributed by atoms with Gasteiger partial charge in [0, 0.05) is 28.8 Å². The third kappa shape index (κ3) is 4.94. The van der Waals surface area contributed by atoms with Crippen LogP contribution < -0.4 is 15.4 Å². The standard InChI is InChI=1S/C22H21N3O3/c1-3-28-20-9-7-17(8-10-20)25-22(27)21-14-19(11-12-23-21)24-18-6-4-5-16(13-18)15(2)26/h4-14H,3H2,1-2H3,(H,23,24)(H,25,27). The zero-order valence-electron chi connectivity index (χ0n) is 15.7. The molecule has 0 aliphatic rings. The van der Waals surface area contributed by atoms with Crippen LogP contribution in [0.25, 0.3) is 0 Å². The molecular formula is C22H21N3O3. The Morgan fingerprint density at radius 2 is 1.71 bits per heavy atom. The first-order valence-electron chi connectivity index (χ1n) is 8.93. The number of anilines is 3. The average molecular weight is 375 g/mol. The zero-order chi connectivity index (χ0) is 19.9. The quantitative estimate of drug-likeness (QED) is 0.586. The van der Waals surface area contributed by atoms with Crippen molar-refractivity contribution in [1.82, 2.24) is 4.98 Å². The van der Waals surface area contributed by atoms with Gasteiger partial charge in [-0.1, -0.05) is 12.1 Å². The van der Waals surface area contributed by atoms with Gasteiger partial charge in [-0.15, -0.1) is 0 Å². The van der Waals surface area contributed by atoms with Crippen LogP contribution in [0.3, 0.4) is 0 Å². The van der Waals surface area contributed by atoms with Crippen LogP contribution in [-0.4, -0.2) is 23.3 Å². The van der Waals surface area contributed by atoms with Gasteiger partial charge in [-0.25, -0.2) is 0 Å². The van der Waals surface area contributed by atoms with Crippen LogP contribution in [0.5, 0.6) is 5.75 Å². The average Bonchev–Trinajstić information content (AvgIpc) is 2.70. The van der Waals surface area contributed by atoms with E-state index >= 15 is 0 Å². The molecule has 0 radical (unpaired) electrons. The molecule has 0 aliphatic heterocycles. The van der Waals surface area contributed by atoms with Gasteiger partial charge in [-0.3, -0.25) is 14.6 Å². The number of Topliss-reactive ketones (excluding diaryl/α,β-unsaturated/α-hetero) is 1. The second-order valence-corrected chi connectivity index (χ2v) is 6.10. The number of nitrogens with one attached hydrogen (secondary N) is 2. The van der Waals surface area contributed by atoms with Crippen LogP contribution in [0.2, 0.25) is 0 Å². The molecule has 3 rings (SSSR count). The highest BCUT2D eigenvalue weighted by Crippen LogP contribution is 2.20. The Bertz CT molecular complexity index is 984. The van der Waals surface area contributed by atoms with Gasteiger partial charge in [-0.05, 0) is 62.4 Å². The van der Waals surface area contributed by atoms with Gasteiger partial charge in [-0.2, -0.15) is 0 Å². The van der Waals surface area contributed by atoms with Gasteiger partial charge in [0.1, 0.15) is 11.4 Å². The summed E-state index contributed by atoms with van der Waals surface area (Å²) in [7, 11) is 0. The minimum atomic E-state index is -0.315. The van der Waals surface area contributed by atoms with E-state index in [0.717, 1.165) is 11.4 Å². The third-order valence-electron chi connectivity index (χ3n) is 3.97. The number of amides is 1. The number of ether oxygens (including phenoxy) is 1. The number of rotatable bonds is 7. The van der Waals surface area contributed by atoms with Crippen LogP contribution >= 0.6 is 0 Å². The predicted molar refractivity (Wildman–Crippen MR) is 110 cm³/mol. The molecule has 0 saturated heterocycles. The second kappa shape index (κ2) is 8.81. The van der Waals surface area contributed by atoms with E-state index in [-0.39, 0.29) is 17.4 Å². The summed E-state index contributed by atoms with van der Waals surface area (Å²) >= 11 is 0. The fraction of sp³-hybridized carbons (Fsp3) is 0.136. The summed E-state index contributed by atoms with van der Waals surface area (Å²) in [4.78, 5) is 28.2. The van der Waals surface area contributed by atoms with Crippen LogP contribution in [0, 0.1) is 0 Å². The van der Waals surface area contributed by atoms with Gasteiger partial charge in [0.05, 0.1) is 6.61 Å². The van der Waals surface area contributed by atoms with Crippen molar-refractivity contribution in [2.24, 2.45) is 0 Å². The maximum absolute atomic E-state index is 12.5. The lowest BCUT2D eigenvalue weighted by Crippen LogP contribution is -2.13. The number of carbonyl (C=O) groups excluding carboxylic acids is 2. The normalized spacial score (nSPS) is 10.2. The minimum Gasteiger partial charge on any atom is -0.494 e. The van der Waals surface area contributed by atoms with Crippen molar-refractivity contribution in [3.63, 3.8) is 0 Å². The number of nitrogens with zero attached hydrogens (tertiary/aromatic N) is 1. The van der Waals surface area contributed by atoms with Crippen LogP contribution in [0.1, 0.15) is 34.7 Å². The summed E-state index contributed by atoms with van der Waals surface area (Å²) in [6, 6.07) is 17.7. The molecular weight excluding hydrogens is 354 g/mol. The van der Waals surface area contributed by atoms with Crippen molar-refractivity contribution >= 4 is 28.8 Å². The number of aromatic nitrogens is 1. The van der Waals surface area contributed by atoms with Gasteiger partial charge in [0.15, 0.2) is 5.78 Å². The predicted octanol–water partition coefficient (Wildman–Crippen LogP) is 4.68. The van der Waals surface area contributed by atoms with Crippen LogP contribution in [-0.2, 0) is 0 Å². The SMILES string of the molecule is CCOc1ccc(NC(=O)c2cc(Nc3cccc(C(C)=O)c3)ccn2)cc1. The van der Waals surface area contributed by atoms with Crippen LogP contribution in [0.15, 0.2) is 66.9 Å². The first-order valence-corrected chi connectivity index (χ1v) is 8.93. The maximum atomic E-state index is 12.5. The monoisotopic (exact) mass is 375 g/mol. The Labute approximate surface area is 163 Å². The zero-order valence-corrected chi connectivity index (χ0v) is 15.7. The first kappa shape index (κ1) is 19.1. The van der Waals surface area contributed by atoms with E-state index in [1.54, 1.807) is 60.8 Å². The van der Waals surface area contributed by atoms with E-state index in [4.69, 9.17) is 4.74 Å².